The molecule has 3 aliphatic heterocycles. The number of benzene rings is 10. The molecule has 7 nitrogen and oxygen atoms in total. The molecule has 0 saturated carbocycles. The van der Waals surface area contributed by atoms with Crippen LogP contribution in [0.3, 0.4) is 0 Å². The first kappa shape index (κ1) is 61.4. The van der Waals surface area contributed by atoms with E-state index in [-0.39, 0.29) is 0 Å². The van der Waals surface area contributed by atoms with Crippen LogP contribution in [0.4, 0.5) is 102 Å². The van der Waals surface area contributed by atoms with Gasteiger partial charge in [0.15, 0.2) is 0 Å². The Kier molecular flexibility index (Phi) is 17.1. The summed E-state index contributed by atoms with van der Waals surface area (Å²) in [6, 6.07) is 83.1. The molecule has 0 saturated heterocycles. The molecule has 0 spiro atoms. The minimum atomic E-state index is 0.316. The Morgan fingerprint density at radius 2 is 0.446 bits per heavy atom. The number of nitriles is 1. The zero-order valence-corrected chi connectivity index (χ0v) is 56.0. The lowest BCUT2D eigenvalue weighted by molar-refractivity contribution is 0.732. The minimum Gasteiger partial charge on any atom is -0.306 e. The molecule has 92 heavy (non-hydrogen) atoms. The highest BCUT2D eigenvalue weighted by molar-refractivity contribution is 6.09. The van der Waals surface area contributed by atoms with Gasteiger partial charge in [-0.2, -0.15) is 5.26 Å². The van der Waals surface area contributed by atoms with Gasteiger partial charge in [0.05, 0.1) is 85.3 Å². The topological polar surface area (TPSA) is 43.2 Å². The predicted octanol–water partition coefficient (Wildman–Crippen LogP) is 26.4. The summed E-state index contributed by atoms with van der Waals surface area (Å²) < 4.78 is 0. The first-order valence-corrected chi connectivity index (χ1v) is 34.2. The molecule has 0 bridgehead atoms. The normalized spacial score (nSPS) is 15.0. The van der Waals surface area contributed by atoms with Crippen molar-refractivity contribution in [2.75, 3.05) is 29.4 Å². The summed E-state index contributed by atoms with van der Waals surface area (Å²) in [6.45, 7) is 27.7. The molecular weight excluding hydrogens is 1120 g/mol. The van der Waals surface area contributed by atoms with Gasteiger partial charge in [0, 0.05) is 17.1 Å². The van der Waals surface area contributed by atoms with Crippen LogP contribution in [-0.4, -0.2) is 0 Å². The second-order valence-electron chi connectivity index (χ2n) is 26.3. The summed E-state index contributed by atoms with van der Waals surface area (Å²) >= 11 is 0. The summed E-state index contributed by atoms with van der Waals surface area (Å²) in [7, 11) is 0. The fraction of sp³-hybridized carbons (Fsp3) is 0.282. The van der Waals surface area contributed by atoms with Crippen molar-refractivity contribution in [3.63, 3.8) is 0 Å². The second kappa shape index (κ2) is 25.6. The van der Waals surface area contributed by atoms with Crippen LogP contribution in [0.1, 0.15) is 196 Å². The zero-order valence-electron chi connectivity index (χ0n) is 56.0. The van der Waals surface area contributed by atoms with E-state index in [4.69, 9.17) is 0 Å². The smallest absolute Gasteiger partial charge is 0.104 e. The lowest BCUT2D eigenvalue weighted by Gasteiger charge is -2.44. The summed E-state index contributed by atoms with van der Waals surface area (Å²) in [5.41, 5.74) is 26.7. The third-order valence-corrected chi connectivity index (χ3v) is 21.0. The first-order chi connectivity index (χ1) is 44.8. The lowest BCUT2D eigenvalue weighted by atomic mass is 9.91. The SMILES string of the molecule is CCC(C)c1ccc2c(c1)N(c1ccccc1)c1cc(C(C)CC)ccc1N2c1cc(N2c3ccc(C(C)CC)cc3N(c3ccccc3)c3cc(C(C)CC)ccc32)c(C#N)c(N2c3ccc(C(C)CC)cc3N(c3ccccc3)c3cc(C(C)CC)ccc32)c1. The van der Waals surface area contributed by atoms with Crippen molar-refractivity contribution in [3.8, 4) is 6.07 Å². The van der Waals surface area contributed by atoms with Crippen molar-refractivity contribution < 1.29 is 0 Å². The van der Waals surface area contributed by atoms with Crippen molar-refractivity contribution in [1.82, 2.24) is 0 Å². The maximum Gasteiger partial charge on any atom is 0.104 e. The fourth-order valence-corrected chi connectivity index (χ4v) is 14.0. The summed E-state index contributed by atoms with van der Waals surface area (Å²) in [5.74, 6) is 1.93. The van der Waals surface area contributed by atoms with Gasteiger partial charge in [-0.05, 0) is 229 Å². The Balaban J connectivity index is 1.19. The van der Waals surface area contributed by atoms with E-state index in [0.717, 1.165) is 141 Å². The van der Waals surface area contributed by atoms with Crippen LogP contribution in [0.5, 0.6) is 0 Å². The maximum absolute atomic E-state index is 12.8. The van der Waals surface area contributed by atoms with Crippen molar-refractivity contribution in [2.45, 2.75) is 157 Å². The third-order valence-electron chi connectivity index (χ3n) is 21.0. The maximum atomic E-state index is 12.8. The van der Waals surface area contributed by atoms with Crippen LogP contribution < -0.4 is 29.4 Å². The second-order valence-corrected chi connectivity index (χ2v) is 26.3. The summed E-state index contributed by atoms with van der Waals surface area (Å²) in [6.07, 6.45) is 6.04. The standard InChI is InChI=1S/C85H89N7/c1-13-55(7)61-34-40-72-80(46-61)87(67-28-22-19-23-29-67)81-47-62(56(8)14-2)35-41-73(81)90(72)70-52-78(91-74-42-36-63(57(9)15-3)48-82(74)88(68-30-24-20-25-31-68)83-49-64(58(10)16-4)37-43-75(83)91)71(54-86)79(53-70)92-76-44-38-65(59(11)17-5)50-84(76)89(69-32-26-21-27-33-69)85-51-66(60(12)18-6)39-45-77(85)92/h19-53,55-60H,13-18H2,1-12H3. The highest BCUT2D eigenvalue weighted by Gasteiger charge is 2.40. The number of hydrogen-bond donors (Lipinski definition) is 0. The van der Waals surface area contributed by atoms with Gasteiger partial charge in [-0.25, -0.2) is 0 Å². The van der Waals surface area contributed by atoms with Gasteiger partial charge in [-0.15, -0.1) is 0 Å². The van der Waals surface area contributed by atoms with E-state index < -0.39 is 0 Å². The molecule has 6 atom stereocenters. The van der Waals surface area contributed by atoms with E-state index in [1.54, 1.807) is 0 Å². The van der Waals surface area contributed by atoms with E-state index in [1.165, 1.54) is 33.4 Å². The Labute approximate surface area is 548 Å². The third kappa shape index (κ3) is 10.7. The molecule has 6 unspecified atom stereocenters. The molecule has 0 aromatic heterocycles. The van der Waals surface area contributed by atoms with Crippen LogP contribution in [0, 0.1) is 11.3 Å². The number of para-hydroxylation sites is 3. The van der Waals surface area contributed by atoms with E-state index in [0.29, 0.717) is 41.1 Å². The molecule has 464 valence electrons. The van der Waals surface area contributed by atoms with E-state index in [1.807, 2.05) is 0 Å². The number of fused-ring (bicyclic) bond motifs is 6. The molecule has 0 amide bonds. The van der Waals surface area contributed by atoms with Gasteiger partial charge in [0.25, 0.3) is 0 Å². The van der Waals surface area contributed by atoms with Crippen LogP contribution in [0.25, 0.3) is 0 Å². The minimum absolute atomic E-state index is 0.316. The molecule has 0 radical (unpaired) electrons. The molecule has 13 rings (SSSR count). The van der Waals surface area contributed by atoms with E-state index in [9.17, 15) is 5.26 Å². The monoisotopic (exact) mass is 1210 g/mol. The van der Waals surface area contributed by atoms with Gasteiger partial charge >= 0.3 is 0 Å². The Bertz CT molecular complexity index is 4000. The molecule has 10 aromatic carbocycles. The van der Waals surface area contributed by atoms with Crippen molar-refractivity contribution in [3.05, 3.63) is 251 Å². The highest BCUT2D eigenvalue weighted by atomic mass is 15.3. The van der Waals surface area contributed by atoms with Gasteiger partial charge in [0.1, 0.15) is 11.6 Å². The van der Waals surface area contributed by atoms with Crippen LogP contribution in [0.15, 0.2) is 212 Å². The van der Waals surface area contributed by atoms with Crippen LogP contribution in [0.2, 0.25) is 0 Å². The molecule has 10 aromatic rings. The summed E-state index contributed by atoms with van der Waals surface area (Å²) in [5, 5.41) is 12.8. The average molecular weight is 1210 g/mol. The largest absolute Gasteiger partial charge is 0.306 e. The number of rotatable bonds is 18. The van der Waals surface area contributed by atoms with Gasteiger partial charge in [-0.3, -0.25) is 0 Å². The van der Waals surface area contributed by atoms with Crippen LogP contribution in [-0.2, 0) is 0 Å². The number of anilines is 18. The van der Waals surface area contributed by atoms with Crippen molar-refractivity contribution in [2.24, 2.45) is 0 Å². The van der Waals surface area contributed by atoms with Gasteiger partial charge < -0.3 is 29.4 Å². The Morgan fingerprint density at radius 3 is 0.652 bits per heavy atom. The van der Waals surface area contributed by atoms with E-state index in [2.05, 4.69) is 331 Å². The Morgan fingerprint density at radius 1 is 0.239 bits per heavy atom. The molecular formula is C85H89N7. The van der Waals surface area contributed by atoms with Gasteiger partial charge in [0.2, 0.25) is 0 Å². The molecule has 3 aliphatic rings. The molecule has 3 heterocycles. The van der Waals surface area contributed by atoms with Crippen molar-refractivity contribution in [1.29, 1.82) is 5.26 Å². The molecule has 0 aliphatic carbocycles. The molecule has 7 heteroatoms. The number of nitrogens with zero attached hydrogens (tertiary/aromatic N) is 7. The number of hydrogen-bond acceptors (Lipinski definition) is 7. The quantitative estimate of drug-likeness (QED) is 0.0848. The first-order valence-electron chi connectivity index (χ1n) is 34.2. The summed E-state index contributed by atoms with van der Waals surface area (Å²) in [4.78, 5) is 14.9. The highest BCUT2D eigenvalue weighted by Crippen LogP contribution is 2.63. The van der Waals surface area contributed by atoms with E-state index >= 15 is 0 Å². The Hall–Kier alpha value is -9.51. The molecule has 0 fully saturated rings. The van der Waals surface area contributed by atoms with Crippen LogP contribution >= 0.6 is 0 Å². The predicted molar refractivity (Wildman–Crippen MR) is 392 cm³/mol. The van der Waals surface area contributed by atoms with Crippen molar-refractivity contribution >= 4 is 102 Å². The molecule has 0 N–H and O–H groups in total. The lowest BCUT2D eigenvalue weighted by Crippen LogP contribution is -2.28. The fourth-order valence-electron chi connectivity index (χ4n) is 14.0. The average Bonchev–Trinajstić information content (AvgIpc) is 0.726. The van der Waals surface area contributed by atoms with Gasteiger partial charge in [-0.1, -0.05) is 174 Å². The zero-order chi connectivity index (χ0) is 64.1.